The van der Waals surface area contributed by atoms with Gasteiger partial charge in [-0.2, -0.15) is 0 Å². The minimum absolute atomic E-state index is 0.178. The van der Waals surface area contributed by atoms with Gasteiger partial charge in [0, 0.05) is 11.1 Å². The van der Waals surface area contributed by atoms with Crippen LogP contribution in [0, 0.1) is 0 Å². The predicted molar refractivity (Wildman–Crippen MR) is 66.9 cm³/mol. The fourth-order valence-electron chi connectivity index (χ4n) is 1.71. The summed E-state index contributed by atoms with van der Waals surface area (Å²) in [5.74, 6) is 0.878. The molecule has 0 unspecified atom stereocenters. The Kier molecular flexibility index (Phi) is 3.09. The van der Waals surface area contributed by atoms with E-state index in [0.717, 1.165) is 28.8 Å². The molecule has 0 N–H and O–H groups in total. The first-order valence-corrected chi connectivity index (χ1v) is 5.76. The van der Waals surface area contributed by atoms with E-state index in [4.69, 9.17) is 4.74 Å². The average Bonchev–Trinajstić information content (AvgIpc) is 2.28. The SMILES string of the molecule is CCc1ccc2cccc(OC(C)C)c2n1. The number of hydrogen-bond acceptors (Lipinski definition) is 2. The molecule has 2 heteroatoms. The van der Waals surface area contributed by atoms with E-state index in [9.17, 15) is 0 Å². The van der Waals surface area contributed by atoms with Crippen molar-refractivity contribution < 1.29 is 4.74 Å². The third-order valence-corrected chi connectivity index (χ3v) is 2.47. The Balaban J connectivity index is 2.55. The highest BCUT2D eigenvalue weighted by molar-refractivity contribution is 5.84. The van der Waals surface area contributed by atoms with Gasteiger partial charge in [0.25, 0.3) is 0 Å². The summed E-state index contributed by atoms with van der Waals surface area (Å²) in [6, 6.07) is 10.2. The lowest BCUT2D eigenvalue weighted by Gasteiger charge is -2.12. The Hall–Kier alpha value is -1.57. The van der Waals surface area contributed by atoms with Crippen LogP contribution in [0.3, 0.4) is 0 Å². The molecular formula is C14H17NO. The van der Waals surface area contributed by atoms with Gasteiger partial charge in [-0.3, -0.25) is 0 Å². The van der Waals surface area contributed by atoms with Crippen molar-refractivity contribution in [1.29, 1.82) is 0 Å². The van der Waals surface area contributed by atoms with Crippen LogP contribution in [0.5, 0.6) is 5.75 Å². The summed E-state index contributed by atoms with van der Waals surface area (Å²) >= 11 is 0. The summed E-state index contributed by atoms with van der Waals surface area (Å²) < 4.78 is 5.76. The molecule has 0 amide bonds. The maximum absolute atomic E-state index is 5.76. The number of rotatable bonds is 3. The van der Waals surface area contributed by atoms with Crippen LogP contribution in [-0.2, 0) is 6.42 Å². The number of fused-ring (bicyclic) bond motifs is 1. The van der Waals surface area contributed by atoms with Gasteiger partial charge >= 0.3 is 0 Å². The number of benzene rings is 1. The van der Waals surface area contributed by atoms with E-state index >= 15 is 0 Å². The van der Waals surface area contributed by atoms with Crippen molar-refractivity contribution in [1.82, 2.24) is 4.98 Å². The van der Waals surface area contributed by atoms with Gasteiger partial charge in [-0.1, -0.05) is 25.1 Å². The van der Waals surface area contributed by atoms with Crippen molar-refractivity contribution in [2.75, 3.05) is 0 Å². The fraction of sp³-hybridized carbons (Fsp3) is 0.357. The quantitative estimate of drug-likeness (QED) is 0.780. The normalized spacial score (nSPS) is 11.0. The van der Waals surface area contributed by atoms with Crippen molar-refractivity contribution in [3.8, 4) is 5.75 Å². The van der Waals surface area contributed by atoms with Gasteiger partial charge in [0.15, 0.2) is 0 Å². The average molecular weight is 215 g/mol. The molecule has 1 heterocycles. The molecule has 2 aromatic rings. The van der Waals surface area contributed by atoms with Crippen LogP contribution in [0.2, 0.25) is 0 Å². The second kappa shape index (κ2) is 4.52. The molecule has 0 aliphatic heterocycles. The first kappa shape index (κ1) is 10.9. The maximum Gasteiger partial charge on any atom is 0.145 e. The summed E-state index contributed by atoms with van der Waals surface area (Å²) in [4.78, 5) is 4.62. The molecule has 0 fully saturated rings. The number of pyridine rings is 1. The van der Waals surface area contributed by atoms with Gasteiger partial charge in [0.1, 0.15) is 11.3 Å². The highest BCUT2D eigenvalue weighted by Gasteiger charge is 2.05. The van der Waals surface area contributed by atoms with Crippen molar-refractivity contribution in [3.05, 3.63) is 36.0 Å². The van der Waals surface area contributed by atoms with Crippen LogP contribution >= 0.6 is 0 Å². The van der Waals surface area contributed by atoms with Crippen molar-refractivity contribution in [2.24, 2.45) is 0 Å². The van der Waals surface area contributed by atoms with Crippen LogP contribution in [0.1, 0.15) is 26.5 Å². The smallest absolute Gasteiger partial charge is 0.145 e. The summed E-state index contributed by atoms with van der Waals surface area (Å²) in [5, 5.41) is 1.13. The molecule has 0 aliphatic rings. The Morgan fingerprint density at radius 1 is 1.19 bits per heavy atom. The summed E-state index contributed by atoms with van der Waals surface area (Å²) in [6.07, 6.45) is 1.13. The van der Waals surface area contributed by atoms with Crippen LogP contribution in [0.25, 0.3) is 10.9 Å². The molecule has 0 saturated heterocycles. The first-order chi connectivity index (χ1) is 7.70. The third kappa shape index (κ3) is 2.16. The van der Waals surface area contributed by atoms with Gasteiger partial charge in [-0.15, -0.1) is 0 Å². The standard InChI is InChI=1S/C14H17NO/c1-4-12-9-8-11-6-5-7-13(14(11)15-12)16-10(2)3/h5-10H,4H2,1-3H3. The lowest BCUT2D eigenvalue weighted by Crippen LogP contribution is -2.06. The van der Waals surface area contributed by atoms with Gasteiger partial charge in [0.2, 0.25) is 0 Å². The lowest BCUT2D eigenvalue weighted by molar-refractivity contribution is 0.245. The Bertz CT molecular complexity index is 491. The summed E-state index contributed by atoms with van der Waals surface area (Å²) in [7, 11) is 0. The Morgan fingerprint density at radius 3 is 2.69 bits per heavy atom. The molecule has 16 heavy (non-hydrogen) atoms. The molecule has 0 aliphatic carbocycles. The summed E-state index contributed by atoms with van der Waals surface area (Å²) in [5.41, 5.74) is 2.07. The largest absolute Gasteiger partial charge is 0.489 e. The molecule has 2 rings (SSSR count). The predicted octanol–water partition coefficient (Wildman–Crippen LogP) is 3.58. The van der Waals surface area contributed by atoms with Crippen LogP contribution in [0.4, 0.5) is 0 Å². The highest BCUT2D eigenvalue weighted by atomic mass is 16.5. The zero-order chi connectivity index (χ0) is 11.5. The Morgan fingerprint density at radius 2 is 2.00 bits per heavy atom. The highest BCUT2D eigenvalue weighted by Crippen LogP contribution is 2.24. The van der Waals surface area contributed by atoms with Crippen molar-refractivity contribution >= 4 is 10.9 Å². The minimum Gasteiger partial charge on any atom is -0.489 e. The van der Waals surface area contributed by atoms with E-state index in [2.05, 4.69) is 30.1 Å². The molecule has 84 valence electrons. The van der Waals surface area contributed by atoms with E-state index < -0.39 is 0 Å². The zero-order valence-electron chi connectivity index (χ0n) is 10.0. The number of aromatic nitrogens is 1. The second-order valence-electron chi connectivity index (χ2n) is 4.15. The van der Waals surface area contributed by atoms with Gasteiger partial charge in [-0.25, -0.2) is 4.98 Å². The van der Waals surface area contributed by atoms with Gasteiger partial charge in [0.05, 0.1) is 6.10 Å². The molecule has 0 radical (unpaired) electrons. The second-order valence-corrected chi connectivity index (χ2v) is 4.15. The monoisotopic (exact) mass is 215 g/mol. The topological polar surface area (TPSA) is 22.1 Å². The summed E-state index contributed by atoms with van der Waals surface area (Å²) in [6.45, 7) is 6.17. The van der Waals surface area contributed by atoms with Crippen molar-refractivity contribution in [3.63, 3.8) is 0 Å². The van der Waals surface area contributed by atoms with E-state index in [-0.39, 0.29) is 6.10 Å². The van der Waals surface area contributed by atoms with E-state index in [1.54, 1.807) is 0 Å². The molecule has 2 nitrogen and oxygen atoms in total. The number of para-hydroxylation sites is 1. The zero-order valence-corrected chi connectivity index (χ0v) is 10.0. The van der Waals surface area contributed by atoms with E-state index in [1.165, 1.54) is 0 Å². The van der Waals surface area contributed by atoms with Crippen LogP contribution in [0.15, 0.2) is 30.3 Å². The van der Waals surface area contributed by atoms with Crippen LogP contribution in [-0.4, -0.2) is 11.1 Å². The third-order valence-electron chi connectivity index (χ3n) is 2.47. The number of ether oxygens (including phenoxy) is 1. The number of nitrogens with zero attached hydrogens (tertiary/aromatic N) is 1. The number of aryl methyl sites for hydroxylation is 1. The number of hydrogen-bond donors (Lipinski definition) is 0. The van der Waals surface area contributed by atoms with Gasteiger partial charge < -0.3 is 4.74 Å². The van der Waals surface area contributed by atoms with E-state index in [0.29, 0.717) is 0 Å². The molecule has 1 aromatic carbocycles. The van der Waals surface area contributed by atoms with Gasteiger partial charge in [-0.05, 0) is 32.4 Å². The molecule has 0 spiro atoms. The maximum atomic E-state index is 5.76. The minimum atomic E-state index is 0.178. The molecule has 0 saturated carbocycles. The lowest BCUT2D eigenvalue weighted by atomic mass is 10.1. The van der Waals surface area contributed by atoms with E-state index in [1.807, 2.05) is 26.0 Å². The molecular weight excluding hydrogens is 198 g/mol. The Labute approximate surface area is 96.3 Å². The van der Waals surface area contributed by atoms with Crippen LogP contribution < -0.4 is 4.74 Å². The first-order valence-electron chi connectivity index (χ1n) is 5.76. The molecule has 1 aromatic heterocycles. The van der Waals surface area contributed by atoms with Crippen molar-refractivity contribution in [2.45, 2.75) is 33.3 Å². The molecule has 0 atom stereocenters. The fourth-order valence-corrected chi connectivity index (χ4v) is 1.71. The molecule has 0 bridgehead atoms.